The van der Waals surface area contributed by atoms with Crippen molar-refractivity contribution in [3.63, 3.8) is 0 Å². The number of benzene rings is 2. The molecule has 2 aromatic carbocycles. The second-order valence-corrected chi connectivity index (χ2v) is 7.49. The van der Waals surface area contributed by atoms with Crippen LogP contribution in [-0.4, -0.2) is 66.9 Å². The Bertz CT molecular complexity index is 877. The van der Waals surface area contributed by atoms with E-state index in [4.69, 9.17) is 20.0 Å². The Kier molecular flexibility index (Phi) is 8.55. The minimum atomic E-state index is -0.671. The van der Waals surface area contributed by atoms with Crippen LogP contribution in [0.2, 0.25) is 0 Å². The van der Waals surface area contributed by atoms with Crippen LogP contribution < -0.4 is 20.2 Å². The summed E-state index contributed by atoms with van der Waals surface area (Å²) in [7, 11) is 0. The average molecular weight is 446 g/mol. The van der Waals surface area contributed by atoms with Gasteiger partial charge in [-0.2, -0.15) is 0 Å². The molecule has 2 amide bonds. The van der Waals surface area contributed by atoms with E-state index in [9.17, 15) is 15.0 Å². The van der Waals surface area contributed by atoms with Gasteiger partial charge in [0.15, 0.2) is 0 Å². The molecule has 1 heterocycles. The summed E-state index contributed by atoms with van der Waals surface area (Å²) in [6, 6.07) is 11.2. The molecule has 3 rings (SSSR count). The highest BCUT2D eigenvalue weighted by atomic mass is 16.7. The minimum Gasteiger partial charge on any atom is -0.508 e. The van der Waals surface area contributed by atoms with Crippen LogP contribution in [0.5, 0.6) is 17.2 Å². The molecule has 2 aromatic rings. The monoisotopic (exact) mass is 445 g/mol. The van der Waals surface area contributed by atoms with Crippen LogP contribution in [0.4, 0.5) is 10.5 Å². The standard InChI is InChI=1S/C23H31N3O6/c1-2-30-13-10-20(28)16-25(32-21-7-8-22-17(15-21)9-14-31-22)11-12-26(23(24)29)18-3-5-19(27)6-4-18/h3-8,15,20,27-28H,2,9-14,16H2,1H3,(H2,24,29). The molecule has 0 spiro atoms. The van der Waals surface area contributed by atoms with Gasteiger partial charge in [0.1, 0.15) is 17.2 Å². The number of fused-ring (bicyclic) bond motifs is 1. The summed E-state index contributed by atoms with van der Waals surface area (Å²) in [5, 5.41) is 21.6. The third kappa shape index (κ3) is 6.74. The third-order valence-electron chi connectivity index (χ3n) is 5.11. The summed E-state index contributed by atoms with van der Waals surface area (Å²) in [6.07, 6.45) is 0.610. The molecule has 9 heteroatoms. The van der Waals surface area contributed by atoms with Crippen LogP contribution in [-0.2, 0) is 11.2 Å². The van der Waals surface area contributed by atoms with E-state index in [0.717, 1.165) is 17.7 Å². The number of hydroxylamine groups is 2. The minimum absolute atomic E-state index is 0.0983. The van der Waals surface area contributed by atoms with Crippen molar-refractivity contribution in [1.29, 1.82) is 0 Å². The summed E-state index contributed by atoms with van der Waals surface area (Å²) in [4.78, 5) is 19.5. The summed E-state index contributed by atoms with van der Waals surface area (Å²) in [5.41, 5.74) is 7.20. The molecule has 174 valence electrons. The predicted molar refractivity (Wildman–Crippen MR) is 120 cm³/mol. The smallest absolute Gasteiger partial charge is 0.319 e. The van der Waals surface area contributed by atoms with Crippen LogP contribution in [0, 0.1) is 0 Å². The van der Waals surface area contributed by atoms with E-state index in [2.05, 4.69) is 0 Å². The second-order valence-electron chi connectivity index (χ2n) is 7.49. The van der Waals surface area contributed by atoms with Crippen molar-refractivity contribution in [1.82, 2.24) is 5.06 Å². The third-order valence-corrected chi connectivity index (χ3v) is 5.11. The van der Waals surface area contributed by atoms with E-state index < -0.39 is 12.1 Å². The van der Waals surface area contributed by atoms with Crippen molar-refractivity contribution >= 4 is 11.7 Å². The maximum absolute atomic E-state index is 12.0. The quantitative estimate of drug-likeness (QED) is 0.339. The highest BCUT2D eigenvalue weighted by Crippen LogP contribution is 2.29. The van der Waals surface area contributed by atoms with E-state index in [1.165, 1.54) is 17.0 Å². The molecule has 1 atom stereocenters. The number of phenolic OH excluding ortho intramolecular Hbond substituents is 1. The molecule has 0 aromatic heterocycles. The van der Waals surface area contributed by atoms with Crippen molar-refractivity contribution in [2.45, 2.75) is 25.9 Å². The average Bonchev–Trinajstić information content (AvgIpc) is 3.23. The fourth-order valence-electron chi connectivity index (χ4n) is 3.44. The van der Waals surface area contributed by atoms with Crippen LogP contribution in [0.15, 0.2) is 42.5 Å². The highest BCUT2D eigenvalue weighted by molar-refractivity contribution is 5.90. The van der Waals surface area contributed by atoms with Gasteiger partial charge in [-0.05, 0) is 55.8 Å². The lowest BCUT2D eigenvalue weighted by Crippen LogP contribution is -2.44. The lowest BCUT2D eigenvalue weighted by atomic mass is 10.2. The van der Waals surface area contributed by atoms with Crippen molar-refractivity contribution < 1.29 is 29.3 Å². The Labute approximate surface area is 187 Å². The van der Waals surface area contributed by atoms with Gasteiger partial charge in [0.2, 0.25) is 0 Å². The maximum Gasteiger partial charge on any atom is 0.319 e. The van der Waals surface area contributed by atoms with E-state index in [-0.39, 0.29) is 18.8 Å². The predicted octanol–water partition coefficient (Wildman–Crippen LogP) is 2.30. The molecule has 0 fully saturated rings. The summed E-state index contributed by atoms with van der Waals surface area (Å²) in [6.45, 7) is 4.34. The molecule has 0 saturated heterocycles. The molecule has 0 saturated carbocycles. The fourth-order valence-corrected chi connectivity index (χ4v) is 3.44. The van der Waals surface area contributed by atoms with Crippen molar-refractivity contribution in [3.05, 3.63) is 48.0 Å². The Morgan fingerprint density at radius 2 is 2.00 bits per heavy atom. The first-order valence-electron chi connectivity index (χ1n) is 10.8. The molecule has 1 aliphatic rings. The molecule has 0 aliphatic carbocycles. The fraction of sp³-hybridized carbons (Fsp3) is 0.435. The number of carbonyl (C=O) groups excluding carboxylic acids is 1. The van der Waals surface area contributed by atoms with Crippen molar-refractivity contribution in [2.75, 3.05) is 44.4 Å². The van der Waals surface area contributed by atoms with Gasteiger partial charge in [-0.15, -0.1) is 5.06 Å². The first kappa shape index (κ1) is 23.6. The van der Waals surface area contributed by atoms with Gasteiger partial charge in [-0.3, -0.25) is 4.90 Å². The van der Waals surface area contributed by atoms with Gasteiger partial charge >= 0.3 is 6.03 Å². The van der Waals surface area contributed by atoms with Gasteiger partial charge in [0, 0.05) is 37.4 Å². The largest absolute Gasteiger partial charge is 0.508 e. The first-order chi connectivity index (χ1) is 15.5. The number of nitrogens with two attached hydrogens (primary N) is 1. The number of amides is 2. The van der Waals surface area contributed by atoms with Crippen molar-refractivity contribution in [3.8, 4) is 17.2 Å². The molecule has 0 radical (unpaired) electrons. The zero-order valence-electron chi connectivity index (χ0n) is 18.3. The first-order valence-corrected chi connectivity index (χ1v) is 10.8. The van der Waals surface area contributed by atoms with Gasteiger partial charge in [-0.25, -0.2) is 4.79 Å². The number of aliphatic hydroxyl groups is 1. The topological polar surface area (TPSA) is 118 Å². The molecule has 4 N–H and O–H groups in total. The molecular weight excluding hydrogens is 414 g/mol. The summed E-state index contributed by atoms with van der Waals surface area (Å²) < 4.78 is 10.9. The lowest BCUT2D eigenvalue weighted by molar-refractivity contribution is -0.0854. The zero-order chi connectivity index (χ0) is 22.9. The number of urea groups is 1. The highest BCUT2D eigenvalue weighted by Gasteiger charge is 2.20. The number of anilines is 1. The summed E-state index contributed by atoms with van der Waals surface area (Å²) >= 11 is 0. The number of primary amides is 1. The Morgan fingerprint density at radius 1 is 1.22 bits per heavy atom. The van der Waals surface area contributed by atoms with Gasteiger partial charge in [0.05, 0.1) is 25.8 Å². The van der Waals surface area contributed by atoms with E-state index in [1.54, 1.807) is 17.2 Å². The van der Waals surface area contributed by atoms with Crippen LogP contribution in [0.25, 0.3) is 0 Å². The SMILES string of the molecule is CCOCCC(O)CN(CCN(C(N)=O)c1ccc(O)cc1)Oc1ccc2c(c1)CCO2. The number of aliphatic hydroxyl groups excluding tert-OH is 1. The molecule has 0 bridgehead atoms. The number of ether oxygens (including phenoxy) is 2. The number of nitrogens with zero attached hydrogens (tertiary/aromatic N) is 2. The van der Waals surface area contributed by atoms with Crippen LogP contribution in [0.3, 0.4) is 0 Å². The molecular formula is C23H31N3O6. The van der Waals surface area contributed by atoms with Crippen LogP contribution in [0.1, 0.15) is 18.9 Å². The molecule has 1 unspecified atom stereocenters. The number of hydrogen-bond acceptors (Lipinski definition) is 7. The molecule has 1 aliphatic heterocycles. The number of carbonyl (C=O) groups is 1. The normalized spacial score (nSPS) is 13.5. The zero-order valence-corrected chi connectivity index (χ0v) is 18.3. The van der Waals surface area contributed by atoms with Gasteiger partial charge in [-0.1, -0.05) is 0 Å². The number of phenols is 1. The Balaban J connectivity index is 1.68. The molecule has 32 heavy (non-hydrogen) atoms. The van der Waals surface area contributed by atoms with Gasteiger partial charge in [0.25, 0.3) is 0 Å². The Morgan fingerprint density at radius 3 is 2.72 bits per heavy atom. The van der Waals surface area contributed by atoms with Crippen LogP contribution >= 0.6 is 0 Å². The van der Waals surface area contributed by atoms with Crippen molar-refractivity contribution in [2.24, 2.45) is 5.73 Å². The maximum atomic E-state index is 12.0. The van der Waals surface area contributed by atoms with Gasteiger partial charge < -0.3 is 30.3 Å². The van der Waals surface area contributed by atoms with E-state index >= 15 is 0 Å². The van der Waals surface area contributed by atoms with E-state index in [1.807, 2.05) is 25.1 Å². The number of hydrogen-bond donors (Lipinski definition) is 3. The number of aromatic hydroxyl groups is 1. The Hall–Kier alpha value is -3.01. The molecule has 9 nitrogen and oxygen atoms in total. The lowest BCUT2D eigenvalue weighted by Gasteiger charge is -2.28. The van der Waals surface area contributed by atoms with E-state index in [0.29, 0.717) is 44.2 Å². The number of rotatable bonds is 12. The second kappa shape index (κ2) is 11.6. The summed E-state index contributed by atoms with van der Waals surface area (Å²) in [5.74, 6) is 1.58.